The average molecular weight is 494 g/mol. The normalized spacial score (nSPS) is 15.4. The number of nitrogens with zero attached hydrogens (tertiary/aromatic N) is 4. The van der Waals surface area contributed by atoms with Gasteiger partial charge in [-0.3, -0.25) is 9.69 Å². The quantitative estimate of drug-likeness (QED) is 0.582. The van der Waals surface area contributed by atoms with Gasteiger partial charge in [0.1, 0.15) is 5.82 Å². The number of halogens is 4. The standard InChI is InChI=1S/C23H23ClF3N5O2/c1-30-22(34)32(17-5-3-2-4-6-17)21(29-30)15-9-11-31(12-10-15)14-20(33)28-19-13-16(23(25,26)27)7-8-18(19)24/h2-8,13,15H,9-12,14H2,1H3,(H,28,33). The average Bonchev–Trinajstić information content (AvgIpc) is 3.10. The molecule has 1 amide bonds. The molecule has 0 aliphatic carbocycles. The molecule has 4 rings (SSSR count). The maximum Gasteiger partial charge on any atom is 0.416 e. The number of para-hydroxylation sites is 1. The molecule has 0 atom stereocenters. The second-order valence-electron chi connectivity index (χ2n) is 8.23. The van der Waals surface area contributed by atoms with Crippen LogP contribution in [0, 0.1) is 0 Å². The molecule has 34 heavy (non-hydrogen) atoms. The van der Waals surface area contributed by atoms with E-state index >= 15 is 0 Å². The summed E-state index contributed by atoms with van der Waals surface area (Å²) in [5.41, 5.74) is -0.430. The first kappa shape index (κ1) is 24.0. The predicted octanol–water partition coefficient (Wildman–Crippen LogP) is 4.06. The highest BCUT2D eigenvalue weighted by molar-refractivity contribution is 6.33. The van der Waals surface area contributed by atoms with Crippen LogP contribution in [0.15, 0.2) is 53.3 Å². The van der Waals surface area contributed by atoms with Crippen LogP contribution >= 0.6 is 11.6 Å². The SMILES string of the molecule is Cn1nc(C2CCN(CC(=O)Nc3cc(C(F)(F)F)ccc3Cl)CC2)n(-c2ccccc2)c1=O. The summed E-state index contributed by atoms with van der Waals surface area (Å²) in [6.45, 7) is 1.18. The molecule has 180 valence electrons. The molecule has 1 aliphatic rings. The minimum atomic E-state index is -4.53. The molecule has 1 fully saturated rings. The number of carbonyl (C=O) groups is 1. The Morgan fingerprint density at radius 1 is 1.15 bits per heavy atom. The number of nitrogens with one attached hydrogen (secondary N) is 1. The van der Waals surface area contributed by atoms with E-state index in [0.29, 0.717) is 31.8 Å². The largest absolute Gasteiger partial charge is 0.416 e. The second-order valence-corrected chi connectivity index (χ2v) is 8.63. The highest BCUT2D eigenvalue weighted by Crippen LogP contribution is 2.34. The lowest BCUT2D eigenvalue weighted by molar-refractivity contribution is -0.137. The summed E-state index contributed by atoms with van der Waals surface area (Å²) < 4.78 is 41.8. The van der Waals surface area contributed by atoms with Crippen LogP contribution in [0.3, 0.4) is 0 Å². The first-order valence-corrected chi connectivity index (χ1v) is 11.1. The highest BCUT2D eigenvalue weighted by Gasteiger charge is 2.31. The van der Waals surface area contributed by atoms with Crippen molar-refractivity contribution in [3.63, 3.8) is 0 Å². The molecule has 2 heterocycles. The summed E-state index contributed by atoms with van der Waals surface area (Å²) in [6, 6.07) is 12.1. The number of anilines is 1. The Morgan fingerprint density at radius 2 is 1.82 bits per heavy atom. The zero-order chi connectivity index (χ0) is 24.5. The van der Waals surface area contributed by atoms with Crippen molar-refractivity contribution in [3.8, 4) is 5.69 Å². The number of aromatic nitrogens is 3. The molecule has 2 aromatic carbocycles. The van der Waals surface area contributed by atoms with Crippen LogP contribution in [0.1, 0.15) is 30.1 Å². The molecule has 7 nitrogen and oxygen atoms in total. The maximum atomic E-state index is 13.0. The van der Waals surface area contributed by atoms with E-state index in [4.69, 9.17) is 11.6 Å². The van der Waals surface area contributed by atoms with Crippen molar-refractivity contribution in [2.75, 3.05) is 25.0 Å². The lowest BCUT2D eigenvalue weighted by atomic mass is 9.95. The Bertz CT molecular complexity index is 1230. The van der Waals surface area contributed by atoms with E-state index in [0.717, 1.165) is 23.9 Å². The van der Waals surface area contributed by atoms with E-state index < -0.39 is 17.6 Å². The molecule has 0 spiro atoms. The van der Waals surface area contributed by atoms with Gasteiger partial charge in [-0.05, 0) is 56.3 Å². The molecule has 1 saturated heterocycles. The van der Waals surface area contributed by atoms with Crippen molar-refractivity contribution in [1.29, 1.82) is 0 Å². The zero-order valence-corrected chi connectivity index (χ0v) is 19.1. The lowest BCUT2D eigenvalue weighted by Gasteiger charge is -2.31. The molecular formula is C23H23ClF3N5O2. The van der Waals surface area contributed by atoms with E-state index in [9.17, 15) is 22.8 Å². The summed E-state index contributed by atoms with van der Waals surface area (Å²) >= 11 is 5.97. The van der Waals surface area contributed by atoms with Crippen molar-refractivity contribution in [1.82, 2.24) is 19.2 Å². The smallest absolute Gasteiger partial charge is 0.324 e. The van der Waals surface area contributed by atoms with E-state index in [1.807, 2.05) is 35.2 Å². The van der Waals surface area contributed by atoms with Crippen LogP contribution in [0.5, 0.6) is 0 Å². The van der Waals surface area contributed by atoms with Crippen molar-refractivity contribution < 1.29 is 18.0 Å². The number of rotatable bonds is 5. The van der Waals surface area contributed by atoms with Crippen molar-refractivity contribution in [2.24, 2.45) is 7.05 Å². The summed E-state index contributed by atoms with van der Waals surface area (Å²) in [5.74, 6) is 0.267. The fourth-order valence-electron chi connectivity index (χ4n) is 4.11. The molecule has 1 N–H and O–H groups in total. The number of hydrogen-bond donors (Lipinski definition) is 1. The fourth-order valence-corrected chi connectivity index (χ4v) is 4.27. The van der Waals surface area contributed by atoms with Crippen LogP contribution < -0.4 is 11.0 Å². The third-order valence-corrected chi connectivity index (χ3v) is 6.18. The van der Waals surface area contributed by atoms with E-state index in [2.05, 4.69) is 10.4 Å². The van der Waals surface area contributed by atoms with Gasteiger partial charge in [0.25, 0.3) is 0 Å². The third-order valence-electron chi connectivity index (χ3n) is 5.85. The first-order chi connectivity index (χ1) is 16.1. The van der Waals surface area contributed by atoms with Crippen molar-refractivity contribution >= 4 is 23.2 Å². The monoisotopic (exact) mass is 493 g/mol. The Labute approximate surface area is 198 Å². The van der Waals surface area contributed by atoms with Crippen LogP contribution in [-0.2, 0) is 18.0 Å². The van der Waals surface area contributed by atoms with E-state index in [1.165, 1.54) is 4.68 Å². The Balaban J connectivity index is 1.40. The number of carbonyl (C=O) groups excluding carboxylic acids is 1. The molecule has 0 radical (unpaired) electrons. The number of benzene rings is 2. The van der Waals surface area contributed by atoms with Gasteiger partial charge in [-0.25, -0.2) is 14.0 Å². The molecule has 0 unspecified atom stereocenters. The van der Waals surface area contributed by atoms with Crippen LogP contribution in [0.4, 0.5) is 18.9 Å². The number of alkyl halides is 3. The van der Waals surface area contributed by atoms with Crippen LogP contribution in [-0.4, -0.2) is 44.8 Å². The van der Waals surface area contributed by atoms with Gasteiger partial charge in [0.2, 0.25) is 5.91 Å². The van der Waals surface area contributed by atoms with Gasteiger partial charge in [-0.1, -0.05) is 29.8 Å². The van der Waals surface area contributed by atoms with E-state index in [-0.39, 0.29) is 28.9 Å². The van der Waals surface area contributed by atoms with Crippen molar-refractivity contribution in [2.45, 2.75) is 24.9 Å². The molecular weight excluding hydrogens is 471 g/mol. The number of likely N-dealkylation sites (tertiary alicyclic amines) is 1. The van der Waals surface area contributed by atoms with Gasteiger partial charge in [-0.15, -0.1) is 0 Å². The van der Waals surface area contributed by atoms with Crippen molar-refractivity contribution in [3.05, 3.63) is 75.4 Å². The van der Waals surface area contributed by atoms with Crippen LogP contribution in [0.25, 0.3) is 5.69 Å². The van der Waals surface area contributed by atoms with Gasteiger partial charge >= 0.3 is 11.9 Å². The number of piperidine rings is 1. The zero-order valence-electron chi connectivity index (χ0n) is 18.3. The molecule has 11 heteroatoms. The number of hydrogen-bond acceptors (Lipinski definition) is 4. The predicted molar refractivity (Wildman–Crippen MR) is 122 cm³/mol. The Kier molecular flexibility index (Phi) is 6.81. The first-order valence-electron chi connectivity index (χ1n) is 10.7. The van der Waals surface area contributed by atoms with Gasteiger partial charge in [0.15, 0.2) is 0 Å². The maximum absolute atomic E-state index is 13.0. The topological polar surface area (TPSA) is 72.2 Å². The molecule has 1 aliphatic heterocycles. The third kappa shape index (κ3) is 5.18. The Hall–Kier alpha value is -3.11. The number of amides is 1. The molecule has 0 bridgehead atoms. The summed E-state index contributed by atoms with van der Waals surface area (Å²) in [5, 5.41) is 6.97. The molecule has 0 saturated carbocycles. The summed E-state index contributed by atoms with van der Waals surface area (Å²) in [4.78, 5) is 27.0. The van der Waals surface area contributed by atoms with Gasteiger partial charge in [0.05, 0.1) is 28.5 Å². The highest BCUT2D eigenvalue weighted by atomic mass is 35.5. The summed E-state index contributed by atoms with van der Waals surface area (Å²) in [6.07, 6.45) is -3.17. The van der Waals surface area contributed by atoms with Gasteiger partial charge in [-0.2, -0.15) is 18.3 Å². The second kappa shape index (κ2) is 9.63. The lowest BCUT2D eigenvalue weighted by Crippen LogP contribution is -2.39. The molecule has 1 aromatic heterocycles. The van der Waals surface area contributed by atoms with Gasteiger partial charge < -0.3 is 5.32 Å². The van der Waals surface area contributed by atoms with Gasteiger partial charge in [0, 0.05) is 13.0 Å². The minimum Gasteiger partial charge on any atom is -0.324 e. The minimum absolute atomic E-state index is 0.0208. The fraction of sp³-hybridized carbons (Fsp3) is 0.348. The molecule has 3 aromatic rings. The van der Waals surface area contributed by atoms with Crippen LogP contribution in [0.2, 0.25) is 5.02 Å². The number of aryl methyl sites for hydroxylation is 1. The Morgan fingerprint density at radius 3 is 2.47 bits per heavy atom. The van der Waals surface area contributed by atoms with E-state index in [1.54, 1.807) is 11.6 Å². The summed E-state index contributed by atoms with van der Waals surface area (Å²) in [7, 11) is 1.61.